The monoisotopic (exact) mass is 251 g/mol. The highest BCUT2D eigenvalue weighted by atomic mass is 15.4. The van der Waals surface area contributed by atoms with Crippen LogP contribution in [0, 0.1) is 5.92 Å². The molecular formula is C15H29N3. The van der Waals surface area contributed by atoms with Gasteiger partial charge in [0.15, 0.2) is 0 Å². The van der Waals surface area contributed by atoms with Crippen LogP contribution in [0.15, 0.2) is 6.20 Å². The summed E-state index contributed by atoms with van der Waals surface area (Å²) in [6, 6.07) is 0. The number of nitrogens with zero attached hydrogens (tertiary/aromatic N) is 3. The zero-order valence-corrected chi connectivity index (χ0v) is 12.4. The van der Waals surface area contributed by atoms with E-state index in [2.05, 4.69) is 35.8 Å². The molecule has 0 unspecified atom stereocenters. The number of unbranched alkanes of at least 4 members (excludes halogenated alkanes) is 4. The number of aromatic nitrogens is 3. The van der Waals surface area contributed by atoms with Crippen LogP contribution in [0.3, 0.4) is 0 Å². The Morgan fingerprint density at radius 2 is 1.89 bits per heavy atom. The van der Waals surface area contributed by atoms with Crippen LogP contribution in [0.5, 0.6) is 0 Å². The first-order valence-corrected chi connectivity index (χ1v) is 7.61. The van der Waals surface area contributed by atoms with E-state index in [9.17, 15) is 0 Å². The van der Waals surface area contributed by atoms with Gasteiger partial charge in [-0.15, -0.1) is 5.10 Å². The van der Waals surface area contributed by atoms with Gasteiger partial charge in [-0.05, 0) is 25.2 Å². The van der Waals surface area contributed by atoms with Gasteiger partial charge in [0.2, 0.25) is 0 Å². The average molecular weight is 251 g/mol. The topological polar surface area (TPSA) is 30.7 Å². The molecule has 0 N–H and O–H groups in total. The molecule has 1 rings (SSSR count). The van der Waals surface area contributed by atoms with Gasteiger partial charge in [-0.1, -0.05) is 58.1 Å². The molecule has 0 spiro atoms. The van der Waals surface area contributed by atoms with Crippen LogP contribution in [0.2, 0.25) is 0 Å². The van der Waals surface area contributed by atoms with E-state index in [0.717, 1.165) is 18.9 Å². The van der Waals surface area contributed by atoms with Crippen LogP contribution in [0.25, 0.3) is 0 Å². The molecule has 3 nitrogen and oxygen atoms in total. The Hall–Kier alpha value is -0.860. The van der Waals surface area contributed by atoms with Gasteiger partial charge in [-0.3, -0.25) is 0 Å². The Balaban J connectivity index is 2.13. The minimum atomic E-state index is 0.852. The Bertz CT molecular complexity index is 304. The second kappa shape index (κ2) is 9.12. The van der Waals surface area contributed by atoms with Crippen LogP contribution in [0.1, 0.15) is 71.4 Å². The molecule has 0 atom stereocenters. The highest BCUT2D eigenvalue weighted by Crippen LogP contribution is 2.11. The molecule has 1 aromatic heterocycles. The Kier molecular flexibility index (Phi) is 7.70. The molecule has 1 aromatic rings. The van der Waals surface area contributed by atoms with E-state index in [4.69, 9.17) is 0 Å². The van der Waals surface area contributed by atoms with Gasteiger partial charge in [0, 0.05) is 6.54 Å². The van der Waals surface area contributed by atoms with E-state index in [1.165, 1.54) is 50.6 Å². The molecule has 0 fully saturated rings. The second-order valence-corrected chi connectivity index (χ2v) is 5.65. The predicted octanol–water partition coefficient (Wildman–Crippen LogP) is 4.23. The maximum absolute atomic E-state index is 4.16. The van der Waals surface area contributed by atoms with Gasteiger partial charge in [-0.2, -0.15) is 0 Å². The zero-order valence-electron chi connectivity index (χ0n) is 12.4. The molecule has 104 valence electrons. The highest BCUT2D eigenvalue weighted by Gasteiger charge is 2.03. The van der Waals surface area contributed by atoms with Crippen LogP contribution in [-0.4, -0.2) is 15.0 Å². The van der Waals surface area contributed by atoms with Crippen molar-refractivity contribution in [2.45, 2.75) is 78.7 Å². The second-order valence-electron chi connectivity index (χ2n) is 5.65. The smallest absolute Gasteiger partial charge is 0.0725 e. The molecule has 1 heterocycles. The van der Waals surface area contributed by atoms with Crippen molar-refractivity contribution in [2.24, 2.45) is 5.92 Å². The molecule has 0 amide bonds. The summed E-state index contributed by atoms with van der Waals surface area (Å²) in [5.41, 5.74) is 1.31. The van der Waals surface area contributed by atoms with Crippen molar-refractivity contribution < 1.29 is 0 Å². The molecule has 0 aromatic carbocycles. The van der Waals surface area contributed by atoms with Gasteiger partial charge in [-0.25, -0.2) is 4.68 Å². The Morgan fingerprint density at radius 3 is 2.61 bits per heavy atom. The quantitative estimate of drug-likeness (QED) is 0.583. The van der Waals surface area contributed by atoms with Crippen molar-refractivity contribution in [1.29, 1.82) is 0 Å². The van der Waals surface area contributed by atoms with Gasteiger partial charge < -0.3 is 0 Å². The fraction of sp³-hybridized carbons (Fsp3) is 0.867. The van der Waals surface area contributed by atoms with E-state index < -0.39 is 0 Å². The molecule has 0 bridgehead atoms. The van der Waals surface area contributed by atoms with Crippen LogP contribution >= 0.6 is 0 Å². The minimum Gasteiger partial charge on any atom is -0.249 e. The summed E-state index contributed by atoms with van der Waals surface area (Å²) in [5.74, 6) is 0.852. The van der Waals surface area contributed by atoms with Crippen LogP contribution in [-0.2, 0) is 13.0 Å². The van der Waals surface area contributed by atoms with Crippen molar-refractivity contribution in [1.82, 2.24) is 15.0 Å². The van der Waals surface area contributed by atoms with Gasteiger partial charge in [0.1, 0.15) is 0 Å². The first kappa shape index (κ1) is 15.2. The normalized spacial score (nSPS) is 11.3. The van der Waals surface area contributed by atoms with E-state index >= 15 is 0 Å². The Morgan fingerprint density at radius 1 is 1.11 bits per heavy atom. The van der Waals surface area contributed by atoms with E-state index in [-0.39, 0.29) is 0 Å². The van der Waals surface area contributed by atoms with E-state index in [1.807, 2.05) is 6.20 Å². The maximum atomic E-state index is 4.16. The third-order valence-corrected chi connectivity index (χ3v) is 3.39. The third kappa shape index (κ3) is 6.18. The molecule has 0 radical (unpaired) electrons. The minimum absolute atomic E-state index is 0.852. The lowest BCUT2D eigenvalue weighted by Gasteiger charge is -2.06. The summed E-state index contributed by atoms with van der Waals surface area (Å²) < 4.78 is 2.08. The molecule has 0 aliphatic heterocycles. The largest absolute Gasteiger partial charge is 0.249 e. The summed E-state index contributed by atoms with van der Waals surface area (Å²) in [4.78, 5) is 0. The summed E-state index contributed by atoms with van der Waals surface area (Å²) in [7, 11) is 0. The van der Waals surface area contributed by atoms with Gasteiger partial charge >= 0.3 is 0 Å². The van der Waals surface area contributed by atoms with Gasteiger partial charge in [0.05, 0.1) is 11.9 Å². The number of aryl methyl sites for hydroxylation is 2. The van der Waals surface area contributed by atoms with E-state index in [1.54, 1.807) is 0 Å². The summed E-state index contributed by atoms with van der Waals surface area (Å²) in [5, 5.41) is 8.18. The predicted molar refractivity (Wildman–Crippen MR) is 76.6 cm³/mol. The van der Waals surface area contributed by atoms with Crippen molar-refractivity contribution in [2.75, 3.05) is 0 Å². The summed E-state index contributed by atoms with van der Waals surface area (Å²) in [6.45, 7) is 7.85. The standard InChI is InChI=1S/C15H29N3/c1-4-5-12-18-15(13-16-17-18)11-9-7-6-8-10-14(2)3/h13-14H,4-12H2,1-3H3. The lowest BCUT2D eigenvalue weighted by atomic mass is 10.0. The van der Waals surface area contributed by atoms with Gasteiger partial charge in [0.25, 0.3) is 0 Å². The van der Waals surface area contributed by atoms with Crippen LogP contribution < -0.4 is 0 Å². The molecule has 0 saturated heterocycles. The summed E-state index contributed by atoms with van der Waals surface area (Å²) >= 11 is 0. The number of hydrogen-bond acceptors (Lipinski definition) is 2. The first-order valence-electron chi connectivity index (χ1n) is 7.61. The SMILES string of the molecule is CCCCn1nncc1CCCCCCC(C)C. The molecule has 0 saturated carbocycles. The fourth-order valence-corrected chi connectivity index (χ4v) is 2.18. The molecule has 18 heavy (non-hydrogen) atoms. The van der Waals surface area contributed by atoms with Crippen molar-refractivity contribution in [3.63, 3.8) is 0 Å². The summed E-state index contributed by atoms with van der Waals surface area (Å²) in [6.07, 6.45) is 12.2. The fourth-order valence-electron chi connectivity index (χ4n) is 2.18. The van der Waals surface area contributed by atoms with Crippen molar-refractivity contribution in [3.8, 4) is 0 Å². The molecule has 0 aliphatic rings. The van der Waals surface area contributed by atoms with Crippen molar-refractivity contribution >= 4 is 0 Å². The Labute approximate surface area is 112 Å². The third-order valence-electron chi connectivity index (χ3n) is 3.39. The van der Waals surface area contributed by atoms with Crippen molar-refractivity contribution in [3.05, 3.63) is 11.9 Å². The lowest BCUT2D eigenvalue weighted by molar-refractivity contribution is 0.506. The molecular weight excluding hydrogens is 222 g/mol. The first-order chi connectivity index (χ1) is 8.74. The number of hydrogen-bond donors (Lipinski definition) is 0. The molecule has 0 aliphatic carbocycles. The average Bonchev–Trinajstić information content (AvgIpc) is 2.78. The number of rotatable bonds is 10. The zero-order chi connectivity index (χ0) is 13.2. The maximum Gasteiger partial charge on any atom is 0.0725 e. The van der Waals surface area contributed by atoms with Crippen LogP contribution in [0.4, 0.5) is 0 Å². The molecule has 3 heteroatoms. The highest BCUT2D eigenvalue weighted by molar-refractivity contribution is 4.93. The van der Waals surface area contributed by atoms with E-state index in [0.29, 0.717) is 0 Å². The lowest BCUT2D eigenvalue weighted by Crippen LogP contribution is -2.05.